The lowest BCUT2D eigenvalue weighted by Gasteiger charge is -2.16. The highest BCUT2D eigenvalue weighted by Gasteiger charge is 2.16. The van der Waals surface area contributed by atoms with Crippen molar-refractivity contribution in [3.63, 3.8) is 0 Å². The summed E-state index contributed by atoms with van der Waals surface area (Å²) in [5.41, 5.74) is 5.75. The summed E-state index contributed by atoms with van der Waals surface area (Å²) in [6.45, 7) is 1.48. The minimum atomic E-state index is -0.826. The first-order chi connectivity index (χ1) is 6.02. The molecule has 0 unspecified atom stereocenters. The van der Waals surface area contributed by atoms with Crippen LogP contribution in [-0.2, 0) is 0 Å². The standard InChI is InChI=1S/C9H12FNO2/c1-5(12)9(11)7-4-6(10)2-3-8(7)13/h2-5,9,12-13H,11H2,1H3/t5-,9+/m1/s1. The average Bonchev–Trinajstić information content (AvgIpc) is 2.08. The Morgan fingerprint density at radius 2 is 2.08 bits per heavy atom. The maximum atomic E-state index is 12.7. The van der Waals surface area contributed by atoms with E-state index in [1.165, 1.54) is 13.0 Å². The highest BCUT2D eigenvalue weighted by Crippen LogP contribution is 2.25. The molecule has 1 aromatic carbocycles. The first-order valence-electron chi connectivity index (χ1n) is 3.94. The number of aliphatic hydroxyl groups excluding tert-OH is 1. The third-order valence-corrected chi connectivity index (χ3v) is 1.87. The van der Waals surface area contributed by atoms with E-state index in [0.717, 1.165) is 12.1 Å². The van der Waals surface area contributed by atoms with Gasteiger partial charge in [-0.25, -0.2) is 4.39 Å². The SMILES string of the molecule is C[C@@H](O)[C@H](N)c1cc(F)ccc1O. The van der Waals surface area contributed by atoms with Crippen molar-refractivity contribution in [3.8, 4) is 5.75 Å². The summed E-state index contributed by atoms with van der Waals surface area (Å²) in [6, 6.07) is 2.70. The van der Waals surface area contributed by atoms with Crippen LogP contribution in [0.25, 0.3) is 0 Å². The molecule has 0 saturated heterocycles. The maximum absolute atomic E-state index is 12.7. The second kappa shape index (κ2) is 3.72. The van der Waals surface area contributed by atoms with Gasteiger partial charge in [0.15, 0.2) is 0 Å². The van der Waals surface area contributed by atoms with Gasteiger partial charge in [0.1, 0.15) is 11.6 Å². The monoisotopic (exact) mass is 185 g/mol. The molecule has 0 spiro atoms. The van der Waals surface area contributed by atoms with Crippen molar-refractivity contribution in [3.05, 3.63) is 29.6 Å². The number of rotatable bonds is 2. The van der Waals surface area contributed by atoms with Crippen LogP contribution in [0.4, 0.5) is 4.39 Å². The highest BCUT2D eigenvalue weighted by atomic mass is 19.1. The summed E-state index contributed by atoms with van der Waals surface area (Å²) >= 11 is 0. The minimum absolute atomic E-state index is 0.102. The van der Waals surface area contributed by atoms with Crippen LogP contribution in [0.3, 0.4) is 0 Å². The van der Waals surface area contributed by atoms with Crippen LogP contribution in [0.1, 0.15) is 18.5 Å². The van der Waals surface area contributed by atoms with Gasteiger partial charge in [0.25, 0.3) is 0 Å². The van der Waals surface area contributed by atoms with Gasteiger partial charge in [-0.05, 0) is 25.1 Å². The number of benzene rings is 1. The number of phenols is 1. The second-order valence-corrected chi connectivity index (χ2v) is 2.97. The molecule has 0 amide bonds. The molecule has 0 aliphatic heterocycles. The molecule has 0 aromatic heterocycles. The maximum Gasteiger partial charge on any atom is 0.123 e. The Morgan fingerprint density at radius 3 is 2.62 bits per heavy atom. The molecule has 2 atom stereocenters. The average molecular weight is 185 g/mol. The molecule has 0 aliphatic rings. The van der Waals surface area contributed by atoms with Gasteiger partial charge >= 0.3 is 0 Å². The molecule has 1 aromatic rings. The van der Waals surface area contributed by atoms with E-state index < -0.39 is 18.0 Å². The van der Waals surface area contributed by atoms with Gasteiger partial charge in [-0.3, -0.25) is 0 Å². The van der Waals surface area contributed by atoms with E-state index in [4.69, 9.17) is 10.8 Å². The summed E-state index contributed by atoms with van der Waals surface area (Å²) in [5.74, 6) is -0.585. The predicted octanol–water partition coefficient (Wildman–Crippen LogP) is 0.912. The third-order valence-electron chi connectivity index (χ3n) is 1.87. The predicted molar refractivity (Wildman–Crippen MR) is 46.7 cm³/mol. The fourth-order valence-corrected chi connectivity index (χ4v) is 1.05. The fourth-order valence-electron chi connectivity index (χ4n) is 1.05. The first kappa shape index (κ1) is 9.95. The second-order valence-electron chi connectivity index (χ2n) is 2.97. The minimum Gasteiger partial charge on any atom is -0.508 e. The van der Waals surface area contributed by atoms with Gasteiger partial charge in [0.2, 0.25) is 0 Å². The normalized spacial score (nSPS) is 15.4. The molecule has 0 aliphatic carbocycles. The van der Waals surface area contributed by atoms with Crippen molar-refractivity contribution in [1.29, 1.82) is 0 Å². The summed E-state index contributed by atoms with van der Waals surface area (Å²) in [7, 11) is 0. The molecule has 72 valence electrons. The number of aromatic hydroxyl groups is 1. The van der Waals surface area contributed by atoms with Crippen molar-refractivity contribution < 1.29 is 14.6 Å². The van der Waals surface area contributed by atoms with Gasteiger partial charge in [-0.2, -0.15) is 0 Å². The van der Waals surface area contributed by atoms with Crippen LogP contribution in [0.5, 0.6) is 5.75 Å². The number of hydrogen-bond donors (Lipinski definition) is 3. The van der Waals surface area contributed by atoms with Crippen LogP contribution < -0.4 is 5.73 Å². The van der Waals surface area contributed by atoms with Crippen molar-refractivity contribution in [2.45, 2.75) is 19.1 Å². The van der Waals surface area contributed by atoms with Gasteiger partial charge in [-0.15, -0.1) is 0 Å². The summed E-state index contributed by atoms with van der Waals surface area (Å²) in [4.78, 5) is 0. The Labute approximate surface area is 75.6 Å². The topological polar surface area (TPSA) is 66.5 Å². The van der Waals surface area contributed by atoms with Crippen molar-refractivity contribution in [1.82, 2.24) is 0 Å². The largest absolute Gasteiger partial charge is 0.508 e. The van der Waals surface area contributed by atoms with Crippen molar-refractivity contribution in [2.24, 2.45) is 5.73 Å². The first-order valence-corrected chi connectivity index (χ1v) is 3.94. The van der Waals surface area contributed by atoms with Crippen LogP contribution in [-0.4, -0.2) is 16.3 Å². The third kappa shape index (κ3) is 2.17. The number of aliphatic hydroxyl groups is 1. The lowest BCUT2D eigenvalue weighted by molar-refractivity contribution is 0.162. The molecule has 4 heteroatoms. The van der Waals surface area contributed by atoms with Gasteiger partial charge in [0.05, 0.1) is 12.1 Å². The smallest absolute Gasteiger partial charge is 0.123 e. The van der Waals surface area contributed by atoms with E-state index in [-0.39, 0.29) is 11.3 Å². The highest BCUT2D eigenvalue weighted by molar-refractivity contribution is 5.35. The van der Waals surface area contributed by atoms with Crippen LogP contribution >= 0.6 is 0 Å². The Hall–Kier alpha value is -1.13. The van der Waals surface area contributed by atoms with Gasteiger partial charge < -0.3 is 15.9 Å². The fraction of sp³-hybridized carbons (Fsp3) is 0.333. The molecule has 0 radical (unpaired) electrons. The Kier molecular flexibility index (Phi) is 2.85. The van der Waals surface area contributed by atoms with E-state index in [9.17, 15) is 9.50 Å². The zero-order chi connectivity index (χ0) is 10.0. The van der Waals surface area contributed by atoms with Crippen molar-refractivity contribution in [2.75, 3.05) is 0 Å². The number of phenolic OH excluding ortho intramolecular Hbond substituents is 1. The molecular weight excluding hydrogens is 173 g/mol. The van der Waals surface area contributed by atoms with Gasteiger partial charge in [-0.1, -0.05) is 0 Å². The quantitative estimate of drug-likeness (QED) is 0.641. The molecule has 13 heavy (non-hydrogen) atoms. The lowest BCUT2D eigenvalue weighted by Crippen LogP contribution is -2.23. The molecule has 0 fully saturated rings. The Balaban J connectivity index is 3.05. The van der Waals surface area contributed by atoms with Crippen molar-refractivity contribution >= 4 is 0 Å². The van der Waals surface area contributed by atoms with Crippen LogP contribution in [0.2, 0.25) is 0 Å². The van der Waals surface area contributed by atoms with Crippen LogP contribution in [0, 0.1) is 5.82 Å². The Morgan fingerprint density at radius 1 is 1.46 bits per heavy atom. The number of nitrogens with two attached hydrogens (primary N) is 1. The zero-order valence-electron chi connectivity index (χ0n) is 7.24. The van der Waals surface area contributed by atoms with E-state index in [0.29, 0.717) is 0 Å². The van der Waals surface area contributed by atoms with Gasteiger partial charge in [0, 0.05) is 5.56 Å². The molecule has 0 saturated carbocycles. The van der Waals surface area contributed by atoms with E-state index >= 15 is 0 Å². The molecule has 4 N–H and O–H groups in total. The van der Waals surface area contributed by atoms with E-state index in [1.807, 2.05) is 0 Å². The van der Waals surface area contributed by atoms with E-state index in [2.05, 4.69) is 0 Å². The summed E-state index contributed by atoms with van der Waals surface area (Å²) < 4.78 is 12.7. The molecule has 0 heterocycles. The molecule has 1 rings (SSSR count). The number of hydrogen-bond acceptors (Lipinski definition) is 3. The molecule has 3 nitrogen and oxygen atoms in total. The zero-order valence-corrected chi connectivity index (χ0v) is 7.24. The van der Waals surface area contributed by atoms with E-state index in [1.54, 1.807) is 0 Å². The lowest BCUT2D eigenvalue weighted by atomic mass is 10.0. The molecular formula is C9H12FNO2. The molecule has 0 bridgehead atoms. The van der Waals surface area contributed by atoms with Crippen LogP contribution in [0.15, 0.2) is 18.2 Å². The summed E-state index contributed by atoms with van der Waals surface area (Å²) in [5, 5.41) is 18.4. The number of halogens is 1. The summed E-state index contributed by atoms with van der Waals surface area (Å²) in [6.07, 6.45) is -0.826. The Bertz CT molecular complexity index is 302.